The van der Waals surface area contributed by atoms with Crippen molar-refractivity contribution in [2.24, 2.45) is 0 Å². The average molecular weight is 400 g/mol. The summed E-state index contributed by atoms with van der Waals surface area (Å²) in [5, 5.41) is 3.10. The summed E-state index contributed by atoms with van der Waals surface area (Å²) in [6.07, 6.45) is 0.0820. The van der Waals surface area contributed by atoms with Crippen molar-refractivity contribution in [3.05, 3.63) is 48.0 Å². The highest BCUT2D eigenvalue weighted by Gasteiger charge is 2.12. The van der Waals surface area contributed by atoms with Gasteiger partial charge in [0.25, 0.3) is 5.91 Å². The van der Waals surface area contributed by atoms with Crippen molar-refractivity contribution in [3.63, 3.8) is 0 Å². The molecule has 1 N–H and O–H groups in total. The summed E-state index contributed by atoms with van der Waals surface area (Å²) < 4.78 is 16.5. The molecule has 0 radical (unpaired) electrons. The van der Waals surface area contributed by atoms with Gasteiger partial charge in [0.1, 0.15) is 11.5 Å². The SMILES string of the molecule is CCOc1ccc2nc(NC(=O)COC(=O)Cc3ccc(OC)cc3)sc2c1. The van der Waals surface area contributed by atoms with Crippen LogP contribution in [0, 0.1) is 0 Å². The van der Waals surface area contributed by atoms with Gasteiger partial charge in [-0.05, 0) is 42.8 Å². The van der Waals surface area contributed by atoms with E-state index in [1.165, 1.54) is 11.3 Å². The number of methoxy groups -OCH3 is 1. The zero-order valence-corrected chi connectivity index (χ0v) is 16.4. The molecule has 146 valence electrons. The number of thiazole rings is 1. The Kier molecular flexibility index (Phi) is 6.44. The molecule has 28 heavy (non-hydrogen) atoms. The number of hydrogen-bond donors (Lipinski definition) is 1. The molecular weight excluding hydrogens is 380 g/mol. The number of rotatable bonds is 8. The van der Waals surface area contributed by atoms with Crippen LogP contribution in [0.4, 0.5) is 5.13 Å². The minimum Gasteiger partial charge on any atom is -0.497 e. The first kappa shape index (κ1) is 19.6. The normalized spacial score (nSPS) is 10.5. The second kappa shape index (κ2) is 9.18. The standard InChI is InChI=1S/C20H20N2O5S/c1-3-26-15-8-9-16-17(11-15)28-20(21-16)22-18(23)12-27-19(24)10-13-4-6-14(25-2)7-5-13/h4-9,11H,3,10,12H2,1-2H3,(H,21,22,23). The van der Waals surface area contributed by atoms with Crippen LogP contribution in [0.5, 0.6) is 11.5 Å². The number of esters is 1. The lowest BCUT2D eigenvalue weighted by molar-refractivity contribution is -0.146. The third-order valence-electron chi connectivity index (χ3n) is 3.79. The largest absolute Gasteiger partial charge is 0.497 e. The van der Waals surface area contributed by atoms with E-state index in [0.717, 1.165) is 21.5 Å². The van der Waals surface area contributed by atoms with Crippen LogP contribution in [0.1, 0.15) is 12.5 Å². The van der Waals surface area contributed by atoms with Crippen LogP contribution >= 0.6 is 11.3 Å². The van der Waals surface area contributed by atoms with Crippen molar-refractivity contribution in [1.82, 2.24) is 4.98 Å². The van der Waals surface area contributed by atoms with E-state index in [1.807, 2.05) is 25.1 Å². The minimum absolute atomic E-state index is 0.0820. The van der Waals surface area contributed by atoms with Gasteiger partial charge in [-0.25, -0.2) is 4.98 Å². The number of carbonyl (C=O) groups excluding carboxylic acids is 2. The number of amides is 1. The number of ether oxygens (including phenoxy) is 3. The molecule has 0 saturated carbocycles. The maximum absolute atomic E-state index is 12.0. The molecule has 0 aliphatic heterocycles. The maximum atomic E-state index is 12.0. The monoisotopic (exact) mass is 400 g/mol. The molecular formula is C20H20N2O5S. The van der Waals surface area contributed by atoms with Gasteiger partial charge < -0.3 is 14.2 Å². The number of hydrogen-bond acceptors (Lipinski definition) is 7. The highest BCUT2D eigenvalue weighted by Crippen LogP contribution is 2.29. The molecule has 7 nitrogen and oxygen atoms in total. The Morgan fingerprint density at radius 3 is 2.57 bits per heavy atom. The molecule has 0 saturated heterocycles. The average Bonchev–Trinajstić information content (AvgIpc) is 3.08. The van der Waals surface area contributed by atoms with Gasteiger partial charge in [-0.15, -0.1) is 0 Å². The van der Waals surface area contributed by atoms with Crippen molar-refractivity contribution in [1.29, 1.82) is 0 Å². The van der Waals surface area contributed by atoms with Gasteiger partial charge >= 0.3 is 5.97 Å². The molecule has 0 atom stereocenters. The van der Waals surface area contributed by atoms with E-state index >= 15 is 0 Å². The summed E-state index contributed by atoms with van der Waals surface area (Å²) in [4.78, 5) is 28.3. The lowest BCUT2D eigenvalue weighted by Gasteiger charge is -2.05. The smallest absolute Gasteiger partial charge is 0.310 e. The highest BCUT2D eigenvalue weighted by molar-refractivity contribution is 7.22. The number of nitrogens with one attached hydrogen (secondary N) is 1. The summed E-state index contributed by atoms with van der Waals surface area (Å²) >= 11 is 1.33. The lowest BCUT2D eigenvalue weighted by atomic mass is 10.1. The van der Waals surface area contributed by atoms with E-state index in [1.54, 1.807) is 31.4 Å². The van der Waals surface area contributed by atoms with Crippen LogP contribution in [-0.2, 0) is 20.7 Å². The molecule has 0 fully saturated rings. The number of anilines is 1. The summed E-state index contributed by atoms with van der Waals surface area (Å²) in [6.45, 7) is 2.13. The molecule has 8 heteroatoms. The first-order valence-electron chi connectivity index (χ1n) is 8.69. The van der Waals surface area contributed by atoms with Crippen molar-refractivity contribution in [3.8, 4) is 11.5 Å². The molecule has 1 aromatic heterocycles. The molecule has 1 amide bonds. The molecule has 3 aromatic rings. The topological polar surface area (TPSA) is 86.8 Å². The molecule has 0 aliphatic carbocycles. The van der Waals surface area contributed by atoms with Crippen LogP contribution in [0.3, 0.4) is 0 Å². The number of carbonyl (C=O) groups is 2. The minimum atomic E-state index is -0.481. The van der Waals surface area contributed by atoms with Crippen LogP contribution in [0.15, 0.2) is 42.5 Å². The predicted molar refractivity (Wildman–Crippen MR) is 107 cm³/mol. The van der Waals surface area contributed by atoms with E-state index < -0.39 is 11.9 Å². The third kappa shape index (κ3) is 5.20. The second-order valence-corrected chi connectivity index (χ2v) is 6.85. The highest BCUT2D eigenvalue weighted by atomic mass is 32.1. The molecule has 3 rings (SSSR count). The Balaban J connectivity index is 1.50. The van der Waals surface area contributed by atoms with Crippen molar-refractivity contribution < 1.29 is 23.8 Å². The van der Waals surface area contributed by atoms with Gasteiger partial charge in [-0.1, -0.05) is 23.5 Å². The summed E-state index contributed by atoms with van der Waals surface area (Å²) in [6, 6.07) is 12.6. The molecule has 0 unspecified atom stereocenters. The van der Waals surface area contributed by atoms with E-state index in [4.69, 9.17) is 14.2 Å². The Bertz CT molecular complexity index is 968. The first-order valence-corrected chi connectivity index (χ1v) is 9.51. The fraction of sp³-hybridized carbons (Fsp3) is 0.250. The molecule has 0 bridgehead atoms. The van der Waals surface area contributed by atoms with Crippen LogP contribution in [-0.4, -0.2) is 37.2 Å². The number of fused-ring (bicyclic) bond motifs is 1. The van der Waals surface area contributed by atoms with Crippen LogP contribution < -0.4 is 14.8 Å². The third-order valence-corrected chi connectivity index (χ3v) is 4.72. The zero-order chi connectivity index (χ0) is 19.9. The molecule has 2 aromatic carbocycles. The summed E-state index contributed by atoms with van der Waals surface area (Å²) in [5.74, 6) is 0.544. The molecule has 0 spiro atoms. The van der Waals surface area contributed by atoms with Crippen LogP contribution in [0.2, 0.25) is 0 Å². The first-order chi connectivity index (χ1) is 13.6. The van der Waals surface area contributed by atoms with Crippen molar-refractivity contribution in [2.45, 2.75) is 13.3 Å². The summed E-state index contributed by atoms with van der Waals surface area (Å²) in [7, 11) is 1.57. The van der Waals surface area contributed by atoms with Gasteiger partial charge in [0.15, 0.2) is 11.7 Å². The van der Waals surface area contributed by atoms with Gasteiger partial charge in [-0.2, -0.15) is 0 Å². The Morgan fingerprint density at radius 2 is 1.86 bits per heavy atom. The number of aromatic nitrogens is 1. The van der Waals surface area contributed by atoms with Gasteiger partial charge in [0.05, 0.1) is 30.4 Å². The maximum Gasteiger partial charge on any atom is 0.310 e. The van der Waals surface area contributed by atoms with E-state index in [0.29, 0.717) is 17.5 Å². The number of nitrogens with zero attached hydrogens (tertiary/aromatic N) is 1. The van der Waals surface area contributed by atoms with Crippen molar-refractivity contribution >= 4 is 38.6 Å². The quantitative estimate of drug-likeness (QED) is 0.583. The Labute approximate surface area is 166 Å². The Morgan fingerprint density at radius 1 is 1.11 bits per heavy atom. The van der Waals surface area contributed by atoms with Crippen molar-refractivity contribution in [2.75, 3.05) is 25.6 Å². The summed E-state index contributed by atoms with van der Waals surface area (Å²) in [5.41, 5.74) is 1.54. The molecule has 1 heterocycles. The number of benzene rings is 2. The predicted octanol–water partition coefficient (Wildman–Crippen LogP) is 3.43. The second-order valence-electron chi connectivity index (χ2n) is 5.82. The van der Waals surface area contributed by atoms with Crippen LogP contribution in [0.25, 0.3) is 10.2 Å². The van der Waals surface area contributed by atoms with E-state index in [2.05, 4.69) is 10.3 Å². The van der Waals surface area contributed by atoms with E-state index in [9.17, 15) is 9.59 Å². The van der Waals surface area contributed by atoms with Gasteiger partial charge in [0.2, 0.25) is 0 Å². The Hall–Kier alpha value is -3.13. The fourth-order valence-electron chi connectivity index (χ4n) is 2.48. The fourth-order valence-corrected chi connectivity index (χ4v) is 3.39. The van der Waals surface area contributed by atoms with Gasteiger partial charge in [-0.3, -0.25) is 14.9 Å². The van der Waals surface area contributed by atoms with Gasteiger partial charge in [0, 0.05) is 0 Å². The molecule has 0 aliphatic rings. The van der Waals surface area contributed by atoms with E-state index in [-0.39, 0.29) is 13.0 Å². The zero-order valence-electron chi connectivity index (χ0n) is 15.6. The lowest BCUT2D eigenvalue weighted by Crippen LogP contribution is -2.21.